The molecule has 0 bridgehead atoms. The average molecular weight is 377 g/mol. The first-order valence-electron chi connectivity index (χ1n) is 8.39. The number of aryl methyl sites for hydroxylation is 1. The van der Waals surface area contributed by atoms with Crippen LogP contribution in [0.25, 0.3) is 0 Å². The Balaban J connectivity index is 1.73. The highest BCUT2D eigenvalue weighted by Gasteiger charge is 2.26. The summed E-state index contributed by atoms with van der Waals surface area (Å²) < 4.78 is 7.93. The minimum absolute atomic E-state index is 0.204. The van der Waals surface area contributed by atoms with Crippen LogP contribution in [0, 0.1) is 10.1 Å². The van der Waals surface area contributed by atoms with Gasteiger partial charge in [-0.1, -0.05) is 0 Å². The van der Waals surface area contributed by atoms with Crippen molar-refractivity contribution in [2.45, 2.75) is 20.0 Å². The lowest BCUT2D eigenvalue weighted by Gasteiger charge is -2.27. The Hall–Kier alpha value is -3.28. The lowest BCUT2D eigenvalue weighted by Crippen LogP contribution is -2.41. The van der Waals surface area contributed by atoms with Crippen LogP contribution in [0.4, 0.5) is 11.4 Å². The number of aromatic nitrogens is 4. The van der Waals surface area contributed by atoms with Gasteiger partial charge in [0.1, 0.15) is 24.6 Å². The van der Waals surface area contributed by atoms with Crippen LogP contribution >= 0.6 is 0 Å². The van der Waals surface area contributed by atoms with Gasteiger partial charge in [-0.15, -0.1) is 0 Å². The molecule has 0 aliphatic carbocycles. The van der Waals surface area contributed by atoms with Crippen molar-refractivity contribution in [2.75, 3.05) is 31.6 Å². The Labute approximate surface area is 153 Å². The third kappa shape index (κ3) is 4.11. The SMILES string of the molecule is CCn1ncc(NC(=O)Cn2cc([N+](=O)[O-])cn2)c1C(=O)N1CCOCC1. The van der Waals surface area contributed by atoms with E-state index < -0.39 is 10.8 Å². The molecule has 3 rings (SSSR count). The normalized spacial score (nSPS) is 14.2. The Morgan fingerprint density at radius 1 is 1.30 bits per heavy atom. The number of nitrogens with zero attached hydrogens (tertiary/aromatic N) is 6. The maximum absolute atomic E-state index is 12.8. The van der Waals surface area contributed by atoms with Gasteiger partial charge in [-0.25, -0.2) is 0 Å². The molecule has 0 saturated carbocycles. The molecular formula is C15H19N7O5. The van der Waals surface area contributed by atoms with E-state index >= 15 is 0 Å². The summed E-state index contributed by atoms with van der Waals surface area (Å²) in [5.74, 6) is -0.706. The van der Waals surface area contributed by atoms with E-state index in [1.807, 2.05) is 6.92 Å². The molecule has 1 N–H and O–H groups in total. The summed E-state index contributed by atoms with van der Waals surface area (Å²) in [7, 11) is 0. The summed E-state index contributed by atoms with van der Waals surface area (Å²) in [4.78, 5) is 36.9. The first-order chi connectivity index (χ1) is 13.0. The largest absolute Gasteiger partial charge is 0.378 e. The number of anilines is 1. The molecule has 1 fully saturated rings. The highest BCUT2D eigenvalue weighted by atomic mass is 16.6. The number of nitrogens with one attached hydrogen (secondary N) is 1. The van der Waals surface area contributed by atoms with Crippen LogP contribution in [0.3, 0.4) is 0 Å². The second kappa shape index (κ2) is 7.95. The Kier molecular flexibility index (Phi) is 5.45. The van der Waals surface area contributed by atoms with Gasteiger partial charge in [-0.05, 0) is 6.92 Å². The van der Waals surface area contributed by atoms with Gasteiger partial charge in [0.25, 0.3) is 5.91 Å². The summed E-state index contributed by atoms with van der Waals surface area (Å²) in [6, 6.07) is 0. The molecule has 0 atom stereocenters. The fourth-order valence-corrected chi connectivity index (χ4v) is 2.73. The van der Waals surface area contributed by atoms with Crippen LogP contribution < -0.4 is 5.32 Å². The Morgan fingerprint density at radius 3 is 2.67 bits per heavy atom. The van der Waals surface area contributed by atoms with Gasteiger partial charge in [0, 0.05) is 19.6 Å². The van der Waals surface area contributed by atoms with Crippen LogP contribution in [0.1, 0.15) is 17.4 Å². The van der Waals surface area contributed by atoms with E-state index in [1.165, 1.54) is 10.9 Å². The molecule has 1 saturated heterocycles. The van der Waals surface area contributed by atoms with Gasteiger partial charge in [0.2, 0.25) is 5.91 Å². The van der Waals surface area contributed by atoms with Crippen LogP contribution in [0.15, 0.2) is 18.6 Å². The number of rotatable bonds is 6. The van der Waals surface area contributed by atoms with E-state index in [4.69, 9.17) is 4.74 Å². The molecule has 0 aromatic carbocycles. The third-order valence-electron chi connectivity index (χ3n) is 4.05. The number of carbonyl (C=O) groups is 2. The second-order valence-electron chi connectivity index (χ2n) is 5.83. The molecule has 27 heavy (non-hydrogen) atoms. The van der Waals surface area contributed by atoms with Crippen molar-refractivity contribution < 1.29 is 19.2 Å². The summed E-state index contributed by atoms with van der Waals surface area (Å²) in [6.45, 7) is 3.95. The van der Waals surface area contributed by atoms with Crippen molar-refractivity contribution in [2.24, 2.45) is 0 Å². The van der Waals surface area contributed by atoms with E-state index in [1.54, 1.807) is 4.90 Å². The number of nitro groups is 1. The van der Waals surface area contributed by atoms with Crippen molar-refractivity contribution in [1.82, 2.24) is 24.5 Å². The molecule has 2 aromatic heterocycles. The molecular weight excluding hydrogens is 358 g/mol. The molecule has 2 aromatic rings. The lowest BCUT2D eigenvalue weighted by atomic mass is 10.2. The number of carbonyl (C=O) groups excluding carboxylic acids is 2. The number of ether oxygens (including phenoxy) is 1. The van der Waals surface area contributed by atoms with Crippen molar-refractivity contribution in [3.63, 3.8) is 0 Å². The highest BCUT2D eigenvalue weighted by Crippen LogP contribution is 2.19. The van der Waals surface area contributed by atoms with Crippen LogP contribution in [-0.4, -0.2) is 67.5 Å². The molecule has 12 heteroatoms. The summed E-state index contributed by atoms with van der Waals surface area (Å²) in [6.07, 6.45) is 3.64. The van der Waals surface area contributed by atoms with Crippen LogP contribution in [-0.2, 0) is 22.6 Å². The standard InChI is InChI=1S/C15H19N7O5/c1-2-21-14(15(24)19-3-5-27-6-4-19)12(8-17-21)18-13(23)10-20-9-11(7-16-20)22(25)26/h7-9H,2-6,10H2,1H3,(H,18,23). The lowest BCUT2D eigenvalue weighted by molar-refractivity contribution is -0.385. The minimum atomic E-state index is -0.591. The Morgan fingerprint density at radius 2 is 2.04 bits per heavy atom. The second-order valence-corrected chi connectivity index (χ2v) is 5.83. The Bertz CT molecular complexity index is 853. The van der Waals surface area contributed by atoms with Crippen molar-refractivity contribution in [3.05, 3.63) is 34.4 Å². The monoisotopic (exact) mass is 377 g/mol. The molecule has 144 valence electrons. The van der Waals surface area contributed by atoms with Gasteiger partial charge >= 0.3 is 5.69 Å². The smallest absolute Gasteiger partial charge is 0.307 e. The minimum Gasteiger partial charge on any atom is -0.378 e. The van der Waals surface area contributed by atoms with E-state index in [0.29, 0.717) is 44.2 Å². The molecule has 0 radical (unpaired) electrons. The molecule has 12 nitrogen and oxygen atoms in total. The van der Waals surface area contributed by atoms with E-state index in [9.17, 15) is 19.7 Å². The zero-order valence-corrected chi connectivity index (χ0v) is 14.7. The molecule has 2 amide bonds. The quantitative estimate of drug-likeness (QED) is 0.557. The van der Waals surface area contributed by atoms with Gasteiger partial charge in [0.15, 0.2) is 0 Å². The molecule has 0 unspecified atom stereocenters. The number of hydrogen-bond acceptors (Lipinski definition) is 7. The van der Waals surface area contributed by atoms with Gasteiger partial charge in [-0.2, -0.15) is 10.2 Å². The van der Waals surface area contributed by atoms with Crippen molar-refractivity contribution in [1.29, 1.82) is 0 Å². The number of morpholine rings is 1. The molecule has 0 spiro atoms. The van der Waals surface area contributed by atoms with Gasteiger partial charge < -0.3 is 15.0 Å². The fourth-order valence-electron chi connectivity index (χ4n) is 2.73. The zero-order valence-electron chi connectivity index (χ0n) is 14.7. The first-order valence-corrected chi connectivity index (χ1v) is 8.39. The topological polar surface area (TPSA) is 137 Å². The zero-order chi connectivity index (χ0) is 19.4. The van der Waals surface area contributed by atoms with Crippen LogP contribution in [0.5, 0.6) is 0 Å². The summed E-state index contributed by atoms with van der Waals surface area (Å²) >= 11 is 0. The number of hydrogen-bond donors (Lipinski definition) is 1. The highest BCUT2D eigenvalue weighted by molar-refractivity contribution is 6.02. The molecule has 3 heterocycles. The maximum Gasteiger partial charge on any atom is 0.307 e. The van der Waals surface area contributed by atoms with Crippen LogP contribution in [0.2, 0.25) is 0 Å². The predicted molar refractivity (Wildman–Crippen MR) is 92.1 cm³/mol. The summed E-state index contributed by atoms with van der Waals surface area (Å²) in [5, 5.41) is 21.3. The fraction of sp³-hybridized carbons (Fsp3) is 0.467. The first kappa shape index (κ1) is 18.5. The summed E-state index contributed by atoms with van der Waals surface area (Å²) in [5.41, 5.74) is 0.379. The third-order valence-corrected chi connectivity index (χ3v) is 4.05. The maximum atomic E-state index is 12.8. The van der Waals surface area contributed by atoms with Gasteiger partial charge in [0.05, 0.1) is 30.0 Å². The van der Waals surface area contributed by atoms with E-state index in [2.05, 4.69) is 15.5 Å². The molecule has 1 aliphatic heterocycles. The van der Waals surface area contributed by atoms with Crippen molar-refractivity contribution in [3.8, 4) is 0 Å². The predicted octanol–water partition coefficient (Wildman–Crippen LogP) is 0.119. The van der Waals surface area contributed by atoms with Gasteiger partial charge in [-0.3, -0.25) is 29.1 Å². The average Bonchev–Trinajstić information content (AvgIpc) is 3.28. The molecule has 1 aliphatic rings. The van der Waals surface area contributed by atoms with Crippen molar-refractivity contribution >= 4 is 23.2 Å². The van der Waals surface area contributed by atoms with E-state index in [-0.39, 0.29) is 18.1 Å². The van der Waals surface area contributed by atoms with E-state index in [0.717, 1.165) is 17.1 Å². The number of amides is 2.